The van der Waals surface area contributed by atoms with Crippen LogP contribution in [0.2, 0.25) is 5.02 Å². The molecule has 4 heteroatoms. The Kier molecular flexibility index (Phi) is 3.47. The molecule has 1 aromatic rings. The number of benzene rings is 1. The van der Waals surface area contributed by atoms with Crippen LogP contribution in [0, 0.1) is 5.82 Å². The topological polar surface area (TPSA) is 29.3 Å². The maximum atomic E-state index is 13.4. The molecule has 0 radical (unpaired) electrons. The van der Waals surface area contributed by atoms with Crippen LogP contribution in [0.3, 0.4) is 0 Å². The molecule has 0 amide bonds. The average molecular weight is 243 g/mol. The van der Waals surface area contributed by atoms with Gasteiger partial charge in [0.1, 0.15) is 5.82 Å². The van der Waals surface area contributed by atoms with Gasteiger partial charge >= 0.3 is 0 Å². The zero-order valence-corrected chi connectivity index (χ0v) is 10.0. The second-order valence-electron chi connectivity index (χ2n) is 4.20. The molecule has 16 heavy (non-hydrogen) atoms. The van der Waals surface area contributed by atoms with Crippen LogP contribution >= 0.6 is 11.6 Å². The van der Waals surface area contributed by atoms with Crippen molar-refractivity contribution < 1.29 is 4.39 Å². The third-order valence-electron chi connectivity index (χ3n) is 3.24. The summed E-state index contributed by atoms with van der Waals surface area (Å²) in [6.07, 6.45) is 0.961. The summed E-state index contributed by atoms with van der Waals surface area (Å²) in [7, 11) is 0. The highest BCUT2D eigenvalue weighted by molar-refractivity contribution is 6.30. The molecule has 0 saturated carbocycles. The van der Waals surface area contributed by atoms with Crippen molar-refractivity contribution in [2.24, 2.45) is 5.73 Å². The van der Waals surface area contributed by atoms with Gasteiger partial charge in [0.2, 0.25) is 0 Å². The van der Waals surface area contributed by atoms with Gasteiger partial charge in [-0.3, -0.25) is 4.90 Å². The van der Waals surface area contributed by atoms with E-state index < -0.39 is 0 Å². The number of hydrogen-bond acceptors (Lipinski definition) is 2. The normalized spacial score (nSPS) is 26.2. The van der Waals surface area contributed by atoms with Gasteiger partial charge in [0.15, 0.2) is 0 Å². The molecule has 2 N–H and O–H groups in total. The van der Waals surface area contributed by atoms with Crippen LogP contribution in [-0.2, 0) is 0 Å². The van der Waals surface area contributed by atoms with E-state index in [-0.39, 0.29) is 22.9 Å². The first kappa shape index (κ1) is 11.8. The van der Waals surface area contributed by atoms with Crippen molar-refractivity contribution in [3.8, 4) is 0 Å². The summed E-state index contributed by atoms with van der Waals surface area (Å²) in [6, 6.07) is 5.17. The molecule has 1 fully saturated rings. The minimum atomic E-state index is -0.366. The second kappa shape index (κ2) is 4.70. The van der Waals surface area contributed by atoms with Crippen molar-refractivity contribution in [3.63, 3.8) is 0 Å². The third kappa shape index (κ3) is 2.08. The summed E-state index contributed by atoms with van der Waals surface area (Å²) in [4.78, 5) is 2.27. The maximum absolute atomic E-state index is 13.4. The zero-order chi connectivity index (χ0) is 11.7. The molecule has 0 spiro atoms. The van der Waals surface area contributed by atoms with Crippen LogP contribution in [0.1, 0.15) is 24.9 Å². The van der Waals surface area contributed by atoms with Crippen LogP contribution in [0.15, 0.2) is 18.2 Å². The fraction of sp³-hybridized carbons (Fsp3) is 0.500. The Morgan fingerprint density at radius 2 is 2.31 bits per heavy atom. The number of nitrogens with zero attached hydrogens (tertiary/aromatic N) is 1. The summed E-state index contributed by atoms with van der Waals surface area (Å²) in [5.74, 6) is -0.366. The van der Waals surface area contributed by atoms with E-state index in [4.69, 9.17) is 17.3 Å². The first-order chi connectivity index (χ1) is 7.63. The highest BCUT2D eigenvalue weighted by atomic mass is 35.5. The lowest BCUT2D eigenvalue weighted by Gasteiger charge is -2.25. The molecular weight excluding hydrogens is 227 g/mol. The summed E-state index contributed by atoms with van der Waals surface area (Å²) in [5.41, 5.74) is 6.99. The molecule has 1 aromatic carbocycles. The van der Waals surface area contributed by atoms with Gasteiger partial charge < -0.3 is 5.73 Å². The smallest absolute Gasteiger partial charge is 0.142 e. The molecular formula is C12H16ClFN2. The Morgan fingerprint density at radius 3 is 2.94 bits per heavy atom. The lowest BCUT2D eigenvalue weighted by atomic mass is 10.0. The van der Waals surface area contributed by atoms with Crippen molar-refractivity contribution in [3.05, 3.63) is 34.6 Å². The highest BCUT2D eigenvalue weighted by Gasteiger charge is 2.31. The lowest BCUT2D eigenvalue weighted by Crippen LogP contribution is -2.31. The molecule has 88 valence electrons. The van der Waals surface area contributed by atoms with Crippen molar-refractivity contribution in [2.45, 2.75) is 25.4 Å². The van der Waals surface area contributed by atoms with Crippen molar-refractivity contribution >= 4 is 11.6 Å². The van der Waals surface area contributed by atoms with Gasteiger partial charge in [-0.05, 0) is 30.7 Å². The second-order valence-corrected chi connectivity index (χ2v) is 4.61. The van der Waals surface area contributed by atoms with Crippen molar-refractivity contribution in [2.75, 3.05) is 13.1 Å². The molecule has 0 aliphatic carbocycles. The summed E-state index contributed by atoms with van der Waals surface area (Å²) < 4.78 is 13.4. The first-order valence-corrected chi connectivity index (χ1v) is 5.96. The number of rotatable bonds is 2. The Hall–Kier alpha value is -0.640. The van der Waals surface area contributed by atoms with Gasteiger partial charge in [-0.2, -0.15) is 0 Å². The minimum absolute atomic E-state index is 0.0838. The van der Waals surface area contributed by atoms with Crippen LogP contribution in [0.4, 0.5) is 4.39 Å². The fourth-order valence-corrected chi connectivity index (χ4v) is 2.51. The first-order valence-electron chi connectivity index (χ1n) is 5.58. The molecule has 2 atom stereocenters. The van der Waals surface area contributed by atoms with E-state index in [1.165, 1.54) is 6.07 Å². The standard InChI is InChI=1S/C12H16ClFN2/c1-2-16-6-5-11(15)12(16)8-3-4-9(13)10(14)7-8/h3-4,7,11-12H,2,5-6,15H2,1H3/t11-,12+/m1/s1. The number of likely N-dealkylation sites (tertiary alicyclic amines) is 1. The number of halogens is 2. The SMILES string of the molecule is CCN1CC[C@@H](N)[C@@H]1c1ccc(Cl)c(F)c1. The van der Waals surface area contributed by atoms with Crippen LogP contribution < -0.4 is 5.73 Å². The summed E-state index contributed by atoms with van der Waals surface area (Å²) in [6.45, 7) is 4.01. The van der Waals surface area contributed by atoms with Gasteiger partial charge in [0, 0.05) is 12.6 Å². The molecule has 1 aliphatic rings. The zero-order valence-electron chi connectivity index (χ0n) is 9.29. The van der Waals surface area contributed by atoms with E-state index in [9.17, 15) is 4.39 Å². The molecule has 2 rings (SSSR count). The molecule has 1 saturated heterocycles. The predicted octanol–water partition coefficient (Wildman–Crippen LogP) is 2.57. The van der Waals surface area contributed by atoms with Crippen LogP contribution in [0.25, 0.3) is 0 Å². The van der Waals surface area contributed by atoms with E-state index >= 15 is 0 Å². The Balaban J connectivity index is 2.31. The monoisotopic (exact) mass is 242 g/mol. The van der Waals surface area contributed by atoms with Gasteiger partial charge in [0.05, 0.1) is 11.1 Å². The summed E-state index contributed by atoms with van der Waals surface area (Å²) in [5, 5.41) is 0.165. The molecule has 1 aliphatic heterocycles. The van der Waals surface area contributed by atoms with Gasteiger partial charge in [-0.15, -0.1) is 0 Å². The molecule has 0 unspecified atom stereocenters. The van der Waals surface area contributed by atoms with E-state index in [1.807, 2.05) is 6.07 Å². The van der Waals surface area contributed by atoms with Crippen molar-refractivity contribution in [1.29, 1.82) is 0 Å². The van der Waals surface area contributed by atoms with Gasteiger partial charge in [-0.25, -0.2) is 4.39 Å². The molecule has 0 aromatic heterocycles. The number of likely N-dealkylation sites (N-methyl/N-ethyl adjacent to an activating group) is 1. The van der Waals surface area contributed by atoms with Gasteiger partial charge in [-0.1, -0.05) is 24.6 Å². The average Bonchev–Trinajstić information content (AvgIpc) is 2.64. The lowest BCUT2D eigenvalue weighted by molar-refractivity contribution is 0.260. The van der Waals surface area contributed by atoms with Crippen LogP contribution in [0.5, 0.6) is 0 Å². The molecule has 2 nitrogen and oxygen atoms in total. The van der Waals surface area contributed by atoms with E-state index in [0.717, 1.165) is 25.1 Å². The highest BCUT2D eigenvalue weighted by Crippen LogP contribution is 2.32. The van der Waals surface area contributed by atoms with Crippen LogP contribution in [-0.4, -0.2) is 24.0 Å². The number of hydrogen-bond donors (Lipinski definition) is 1. The van der Waals surface area contributed by atoms with E-state index in [0.29, 0.717) is 0 Å². The van der Waals surface area contributed by atoms with E-state index in [1.54, 1.807) is 6.07 Å². The predicted molar refractivity (Wildman–Crippen MR) is 64.0 cm³/mol. The van der Waals surface area contributed by atoms with Crippen molar-refractivity contribution in [1.82, 2.24) is 4.90 Å². The van der Waals surface area contributed by atoms with E-state index in [2.05, 4.69) is 11.8 Å². The molecule has 0 bridgehead atoms. The van der Waals surface area contributed by atoms with Gasteiger partial charge in [0.25, 0.3) is 0 Å². The Bertz CT molecular complexity index is 383. The number of nitrogens with two attached hydrogens (primary N) is 1. The fourth-order valence-electron chi connectivity index (χ4n) is 2.39. The minimum Gasteiger partial charge on any atom is -0.326 e. The maximum Gasteiger partial charge on any atom is 0.142 e. The quantitative estimate of drug-likeness (QED) is 0.864. The molecule has 1 heterocycles. The third-order valence-corrected chi connectivity index (χ3v) is 3.55. The Labute approximate surface area is 100 Å². The Morgan fingerprint density at radius 1 is 1.56 bits per heavy atom. The largest absolute Gasteiger partial charge is 0.326 e. The summed E-state index contributed by atoms with van der Waals surface area (Å²) >= 11 is 5.67.